The van der Waals surface area contributed by atoms with Crippen molar-refractivity contribution in [1.29, 1.82) is 5.26 Å². The first kappa shape index (κ1) is 16.9. The number of rotatable bonds is 2. The molecule has 1 aromatic heterocycles. The van der Waals surface area contributed by atoms with Crippen molar-refractivity contribution >= 4 is 34.8 Å². The lowest BCUT2D eigenvalue weighted by Crippen LogP contribution is -2.09. The smallest absolute Gasteiger partial charge is 0.243 e. The Morgan fingerprint density at radius 3 is 2.18 bits per heavy atom. The van der Waals surface area contributed by atoms with E-state index in [9.17, 15) is 13.2 Å². The maximum absolute atomic E-state index is 12.9. The minimum Gasteiger partial charge on any atom is -0.243 e. The molecule has 0 bridgehead atoms. The summed E-state index contributed by atoms with van der Waals surface area (Å²) in [6.45, 7) is 0. The first-order chi connectivity index (χ1) is 10.2. The van der Waals surface area contributed by atoms with Crippen LogP contribution in [0.3, 0.4) is 0 Å². The Hall–Kier alpha value is -1.48. The number of benzene rings is 1. The number of pyridine rings is 1. The van der Waals surface area contributed by atoms with Crippen molar-refractivity contribution in [2.75, 3.05) is 0 Å². The highest BCUT2D eigenvalue weighted by molar-refractivity contribution is 6.41. The molecule has 0 fully saturated rings. The molecular formula is C14H6Cl3F3N2. The Morgan fingerprint density at radius 2 is 1.68 bits per heavy atom. The number of nitrogens with zero attached hydrogens (tertiary/aromatic N) is 2. The van der Waals surface area contributed by atoms with E-state index in [4.69, 9.17) is 40.1 Å². The van der Waals surface area contributed by atoms with Crippen molar-refractivity contribution in [2.45, 2.75) is 12.6 Å². The molecule has 0 radical (unpaired) electrons. The molecule has 0 saturated heterocycles. The van der Waals surface area contributed by atoms with Gasteiger partial charge in [-0.15, -0.1) is 0 Å². The lowest BCUT2D eigenvalue weighted by molar-refractivity contribution is -0.141. The van der Waals surface area contributed by atoms with Gasteiger partial charge in [-0.25, -0.2) is 4.98 Å². The summed E-state index contributed by atoms with van der Waals surface area (Å²) in [5.74, 6) is 0. The van der Waals surface area contributed by atoms with Crippen molar-refractivity contribution < 1.29 is 13.2 Å². The second-order valence-corrected chi connectivity index (χ2v) is 5.53. The Morgan fingerprint density at radius 1 is 1.09 bits per heavy atom. The molecule has 0 unspecified atom stereocenters. The van der Waals surface area contributed by atoms with E-state index in [1.54, 1.807) is 0 Å². The molecule has 1 heterocycles. The van der Waals surface area contributed by atoms with E-state index in [0.717, 1.165) is 6.07 Å². The first-order valence-electron chi connectivity index (χ1n) is 5.83. The van der Waals surface area contributed by atoms with E-state index in [0.29, 0.717) is 5.56 Å². The van der Waals surface area contributed by atoms with Gasteiger partial charge < -0.3 is 0 Å². The van der Waals surface area contributed by atoms with E-state index in [1.807, 2.05) is 6.07 Å². The van der Waals surface area contributed by atoms with Crippen molar-refractivity contribution in [3.05, 3.63) is 50.6 Å². The fourth-order valence-corrected chi connectivity index (χ4v) is 2.85. The van der Waals surface area contributed by atoms with Gasteiger partial charge in [-0.05, 0) is 23.8 Å². The molecule has 0 spiro atoms. The van der Waals surface area contributed by atoms with Gasteiger partial charge in [0.1, 0.15) is 5.69 Å². The van der Waals surface area contributed by atoms with Crippen LogP contribution in [0, 0.1) is 11.3 Å². The Labute approximate surface area is 139 Å². The van der Waals surface area contributed by atoms with Crippen molar-refractivity contribution in [3.63, 3.8) is 0 Å². The number of aromatic nitrogens is 1. The molecule has 0 N–H and O–H groups in total. The second-order valence-electron chi connectivity index (χ2n) is 4.28. The van der Waals surface area contributed by atoms with E-state index in [-0.39, 0.29) is 32.7 Å². The summed E-state index contributed by atoms with van der Waals surface area (Å²) in [7, 11) is 0. The fraction of sp³-hybridized carbons (Fsp3) is 0.143. The van der Waals surface area contributed by atoms with Gasteiger partial charge in [0, 0.05) is 10.6 Å². The lowest BCUT2D eigenvalue weighted by Gasteiger charge is -2.14. The minimum absolute atomic E-state index is 0.0588. The quantitative estimate of drug-likeness (QED) is 0.675. The van der Waals surface area contributed by atoms with Crippen molar-refractivity contribution in [3.8, 4) is 17.3 Å². The van der Waals surface area contributed by atoms with E-state index in [1.165, 1.54) is 18.2 Å². The third kappa shape index (κ3) is 3.46. The standard InChI is InChI=1S/C14H6Cl3F3N2/c15-8-5-9(16)12(10(17)6-8)13-7(3-4-21)1-2-11(22-13)14(18,19)20/h1-2,5-6H,3H2. The molecule has 0 aliphatic carbocycles. The lowest BCUT2D eigenvalue weighted by atomic mass is 10.0. The van der Waals surface area contributed by atoms with E-state index < -0.39 is 11.9 Å². The van der Waals surface area contributed by atoms with Gasteiger partial charge in [-0.2, -0.15) is 18.4 Å². The molecule has 114 valence electrons. The van der Waals surface area contributed by atoms with Crippen molar-refractivity contribution in [2.24, 2.45) is 0 Å². The molecule has 1 aromatic carbocycles. The third-order valence-corrected chi connectivity index (χ3v) is 3.60. The van der Waals surface area contributed by atoms with Crippen LogP contribution in [0.5, 0.6) is 0 Å². The van der Waals surface area contributed by atoms with Crippen LogP contribution in [0.1, 0.15) is 11.3 Å². The highest BCUT2D eigenvalue weighted by Crippen LogP contribution is 2.39. The van der Waals surface area contributed by atoms with Crippen LogP contribution in [-0.4, -0.2) is 4.98 Å². The molecule has 2 aromatic rings. The predicted octanol–water partition coefficient (Wildman–Crippen LogP) is 5.79. The monoisotopic (exact) mass is 364 g/mol. The van der Waals surface area contributed by atoms with Crippen LogP contribution in [0.25, 0.3) is 11.3 Å². The van der Waals surface area contributed by atoms with Gasteiger partial charge in [-0.3, -0.25) is 0 Å². The normalized spacial score (nSPS) is 11.3. The maximum Gasteiger partial charge on any atom is 0.433 e. The zero-order chi connectivity index (χ0) is 16.5. The van der Waals surface area contributed by atoms with E-state index >= 15 is 0 Å². The molecule has 8 heteroatoms. The van der Waals surface area contributed by atoms with Gasteiger partial charge in [0.05, 0.1) is 28.2 Å². The molecule has 0 aliphatic heterocycles. The Bertz CT molecular complexity index is 744. The molecule has 2 rings (SSSR count). The Kier molecular flexibility index (Phi) is 4.86. The van der Waals surface area contributed by atoms with Crippen LogP contribution < -0.4 is 0 Å². The Balaban J connectivity index is 2.75. The van der Waals surface area contributed by atoms with Gasteiger partial charge >= 0.3 is 6.18 Å². The summed E-state index contributed by atoms with van der Waals surface area (Å²) in [5.41, 5.74) is -0.764. The maximum atomic E-state index is 12.9. The topological polar surface area (TPSA) is 36.7 Å². The summed E-state index contributed by atoms with van der Waals surface area (Å²) in [6, 6.07) is 6.57. The molecule has 22 heavy (non-hydrogen) atoms. The molecule has 0 atom stereocenters. The van der Waals surface area contributed by atoms with Gasteiger partial charge in [0.25, 0.3) is 0 Å². The summed E-state index contributed by atoms with van der Waals surface area (Å²) in [4.78, 5) is 3.60. The second kappa shape index (κ2) is 6.33. The molecule has 0 saturated carbocycles. The molecular weight excluding hydrogens is 360 g/mol. The summed E-state index contributed by atoms with van der Waals surface area (Å²) in [6.07, 6.45) is -4.75. The zero-order valence-electron chi connectivity index (χ0n) is 10.7. The largest absolute Gasteiger partial charge is 0.433 e. The van der Waals surface area contributed by atoms with Gasteiger partial charge in [-0.1, -0.05) is 40.9 Å². The minimum atomic E-state index is -4.62. The number of alkyl halides is 3. The third-order valence-electron chi connectivity index (χ3n) is 2.78. The SMILES string of the molecule is N#CCc1ccc(C(F)(F)F)nc1-c1c(Cl)cc(Cl)cc1Cl. The summed E-state index contributed by atoms with van der Waals surface area (Å²) >= 11 is 17.9. The average Bonchev–Trinajstić information content (AvgIpc) is 2.38. The zero-order valence-corrected chi connectivity index (χ0v) is 12.9. The fourth-order valence-electron chi connectivity index (χ4n) is 1.86. The number of nitriles is 1. The highest BCUT2D eigenvalue weighted by Gasteiger charge is 2.33. The summed E-state index contributed by atoms with van der Waals surface area (Å²) < 4.78 is 38.6. The van der Waals surface area contributed by atoms with Crippen LogP contribution in [0.15, 0.2) is 24.3 Å². The highest BCUT2D eigenvalue weighted by atomic mass is 35.5. The van der Waals surface area contributed by atoms with Gasteiger partial charge in [0.15, 0.2) is 0 Å². The van der Waals surface area contributed by atoms with E-state index in [2.05, 4.69) is 4.98 Å². The molecule has 0 amide bonds. The molecule has 2 nitrogen and oxygen atoms in total. The first-order valence-corrected chi connectivity index (χ1v) is 6.96. The number of hydrogen-bond donors (Lipinski definition) is 0. The van der Waals surface area contributed by atoms with Gasteiger partial charge in [0.2, 0.25) is 0 Å². The van der Waals surface area contributed by atoms with Crippen LogP contribution in [-0.2, 0) is 12.6 Å². The number of hydrogen-bond acceptors (Lipinski definition) is 2. The van der Waals surface area contributed by atoms with Crippen molar-refractivity contribution in [1.82, 2.24) is 4.98 Å². The van der Waals surface area contributed by atoms with Crippen LogP contribution in [0.2, 0.25) is 15.1 Å². The average molecular weight is 366 g/mol. The number of halogens is 6. The molecule has 0 aliphatic rings. The predicted molar refractivity (Wildman–Crippen MR) is 79.0 cm³/mol. The van der Waals surface area contributed by atoms with Crippen LogP contribution in [0.4, 0.5) is 13.2 Å². The van der Waals surface area contributed by atoms with Crippen LogP contribution >= 0.6 is 34.8 Å². The summed E-state index contributed by atoms with van der Waals surface area (Å²) in [5, 5.41) is 9.18.